The van der Waals surface area contributed by atoms with Gasteiger partial charge in [0.05, 0.1) is 23.7 Å². The fourth-order valence-electron chi connectivity index (χ4n) is 3.89. The van der Waals surface area contributed by atoms with Crippen molar-refractivity contribution in [1.82, 2.24) is 14.8 Å². The van der Waals surface area contributed by atoms with Gasteiger partial charge >= 0.3 is 0 Å². The third-order valence-electron chi connectivity index (χ3n) is 5.62. The Morgan fingerprint density at radius 1 is 0.941 bits per heavy atom. The molecule has 172 valence electrons. The first-order valence-electron chi connectivity index (χ1n) is 11.2. The van der Waals surface area contributed by atoms with Crippen LogP contribution in [0.15, 0.2) is 87.7 Å². The highest BCUT2D eigenvalue weighted by molar-refractivity contribution is 8.00. The molecule has 0 aliphatic carbocycles. The van der Waals surface area contributed by atoms with E-state index in [1.165, 1.54) is 17.3 Å². The SMILES string of the molecule is CCn1c(CNc2ccc(C)cc2)nnc1SCC(=O)N1c2ccccc2Sc2ccccc21. The molecule has 0 radical (unpaired) electrons. The van der Waals surface area contributed by atoms with Crippen molar-refractivity contribution in [3.05, 3.63) is 84.2 Å². The second-order valence-electron chi connectivity index (χ2n) is 7.92. The molecule has 1 aliphatic heterocycles. The van der Waals surface area contributed by atoms with Crippen molar-refractivity contribution in [2.45, 2.75) is 41.9 Å². The van der Waals surface area contributed by atoms with Gasteiger partial charge in [0.25, 0.3) is 0 Å². The fourth-order valence-corrected chi connectivity index (χ4v) is 5.82. The van der Waals surface area contributed by atoms with Crippen LogP contribution in [0.4, 0.5) is 17.1 Å². The number of aryl methyl sites for hydroxylation is 1. The van der Waals surface area contributed by atoms with Crippen molar-refractivity contribution in [3.63, 3.8) is 0 Å². The summed E-state index contributed by atoms with van der Waals surface area (Å²) < 4.78 is 2.06. The Kier molecular flexibility index (Phi) is 6.60. The largest absolute Gasteiger partial charge is 0.378 e. The van der Waals surface area contributed by atoms with E-state index in [1.807, 2.05) is 41.3 Å². The topological polar surface area (TPSA) is 63.1 Å². The van der Waals surface area contributed by atoms with E-state index in [9.17, 15) is 4.79 Å². The summed E-state index contributed by atoms with van der Waals surface area (Å²) in [6.45, 7) is 5.45. The maximum atomic E-state index is 13.5. The molecular weight excluding hydrogens is 462 g/mol. The number of aromatic nitrogens is 3. The van der Waals surface area contributed by atoms with E-state index in [0.717, 1.165) is 44.4 Å². The Bertz CT molecular complexity index is 1270. The highest BCUT2D eigenvalue weighted by Gasteiger charge is 2.28. The van der Waals surface area contributed by atoms with Gasteiger partial charge < -0.3 is 9.88 Å². The lowest BCUT2D eigenvalue weighted by atomic mass is 10.2. The van der Waals surface area contributed by atoms with Crippen LogP contribution in [0.5, 0.6) is 0 Å². The van der Waals surface area contributed by atoms with Crippen LogP contribution >= 0.6 is 23.5 Å². The van der Waals surface area contributed by atoms with Gasteiger partial charge in [-0.25, -0.2) is 0 Å². The van der Waals surface area contributed by atoms with Crippen molar-refractivity contribution in [1.29, 1.82) is 0 Å². The van der Waals surface area contributed by atoms with E-state index in [4.69, 9.17) is 0 Å². The molecular formula is C26H25N5OS2. The number of carbonyl (C=O) groups excluding carboxylic acids is 1. The Labute approximate surface area is 207 Å². The standard InChI is InChI=1S/C26H25N5OS2/c1-3-30-24(16-27-19-14-12-18(2)13-15-19)28-29-26(30)33-17-25(32)31-20-8-4-6-10-22(20)34-23-11-7-5-9-21(23)31/h4-15,27H,3,16-17H2,1-2H3. The van der Waals surface area contributed by atoms with E-state index < -0.39 is 0 Å². The monoisotopic (exact) mass is 487 g/mol. The zero-order valence-electron chi connectivity index (χ0n) is 19.1. The lowest BCUT2D eigenvalue weighted by molar-refractivity contribution is -0.115. The van der Waals surface area contributed by atoms with Crippen molar-refractivity contribution >= 4 is 46.5 Å². The number of hydrogen-bond acceptors (Lipinski definition) is 6. The summed E-state index contributed by atoms with van der Waals surface area (Å²) in [6, 6.07) is 24.4. The van der Waals surface area contributed by atoms with Crippen LogP contribution in [0.25, 0.3) is 0 Å². The normalized spacial score (nSPS) is 12.2. The molecule has 8 heteroatoms. The summed E-state index contributed by atoms with van der Waals surface area (Å²) in [5.41, 5.74) is 4.12. The molecule has 1 amide bonds. The van der Waals surface area contributed by atoms with Crippen LogP contribution in [0, 0.1) is 6.92 Å². The van der Waals surface area contributed by atoms with Gasteiger partial charge in [0.1, 0.15) is 0 Å². The van der Waals surface area contributed by atoms with Gasteiger partial charge in [-0.1, -0.05) is 65.5 Å². The van der Waals surface area contributed by atoms with Gasteiger partial charge in [0.2, 0.25) is 5.91 Å². The highest BCUT2D eigenvalue weighted by atomic mass is 32.2. The maximum absolute atomic E-state index is 13.5. The van der Waals surface area contributed by atoms with Crippen molar-refractivity contribution < 1.29 is 4.79 Å². The molecule has 34 heavy (non-hydrogen) atoms. The number of nitrogens with one attached hydrogen (secondary N) is 1. The molecule has 3 aromatic carbocycles. The van der Waals surface area contributed by atoms with Gasteiger partial charge in [0, 0.05) is 22.0 Å². The van der Waals surface area contributed by atoms with Gasteiger partial charge in [-0.05, 0) is 50.2 Å². The van der Waals surface area contributed by atoms with Crippen LogP contribution < -0.4 is 10.2 Å². The fraction of sp³-hybridized carbons (Fsp3) is 0.192. The average Bonchev–Trinajstić information content (AvgIpc) is 3.27. The molecule has 1 aromatic heterocycles. The Balaban J connectivity index is 1.31. The Morgan fingerprint density at radius 2 is 1.59 bits per heavy atom. The number of carbonyl (C=O) groups is 1. The summed E-state index contributed by atoms with van der Waals surface area (Å²) in [6.07, 6.45) is 0. The number of anilines is 3. The number of fused-ring (bicyclic) bond motifs is 2. The summed E-state index contributed by atoms with van der Waals surface area (Å²) in [5.74, 6) is 1.15. The average molecular weight is 488 g/mol. The first-order valence-corrected chi connectivity index (χ1v) is 13.0. The predicted molar refractivity (Wildman–Crippen MR) is 139 cm³/mol. The highest BCUT2D eigenvalue weighted by Crippen LogP contribution is 2.48. The number of hydrogen-bond donors (Lipinski definition) is 1. The maximum Gasteiger partial charge on any atom is 0.242 e. The van der Waals surface area contributed by atoms with Gasteiger partial charge in [-0.3, -0.25) is 9.69 Å². The zero-order valence-corrected chi connectivity index (χ0v) is 20.7. The Hall–Kier alpha value is -3.23. The molecule has 4 aromatic rings. The number of benzene rings is 3. The number of amides is 1. The molecule has 0 unspecified atom stereocenters. The second kappa shape index (κ2) is 9.95. The summed E-state index contributed by atoms with van der Waals surface area (Å²) in [7, 11) is 0. The minimum absolute atomic E-state index is 0.0233. The number of nitrogens with zero attached hydrogens (tertiary/aromatic N) is 4. The first-order chi connectivity index (χ1) is 16.6. The minimum Gasteiger partial charge on any atom is -0.378 e. The lowest BCUT2D eigenvalue weighted by Gasteiger charge is -2.30. The Morgan fingerprint density at radius 3 is 2.24 bits per heavy atom. The summed E-state index contributed by atoms with van der Waals surface area (Å²) in [4.78, 5) is 17.5. The van der Waals surface area contributed by atoms with Crippen LogP contribution in [-0.2, 0) is 17.9 Å². The van der Waals surface area contributed by atoms with E-state index >= 15 is 0 Å². The zero-order chi connectivity index (χ0) is 23.5. The van der Waals surface area contributed by atoms with E-state index in [-0.39, 0.29) is 11.7 Å². The number of rotatable bonds is 7. The first kappa shape index (κ1) is 22.6. The van der Waals surface area contributed by atoms with Gasteiger partial charge in [0.15, 0.2) is 11.0 Å². The summed E-state index contributed by atoms with van der Waals surface area (Å²) >= 11 is 3.13. The van der Waals surface area contributed by atoms with Crippen LogP contribution in [0.2, 0.25) is 0 Å². The minimum atomic E-state index is 0.0233. The molecule has 0 bridgehead atoms. The molecule has 5 rings (SSSR count). The summed E-state index contributed by atoms with van der Waals surface area (Å²) in [5, 5.41) is 12.9. The van der Waals surface area contributed by atoms with Crippen molar-refractivity contribution in [2.75, 3.05) is 16.0 Å². The smallest absolute Gasteiger partial charge is 0.242 e. The number of thioether (sulfide) groups is 1. The molecule has 0 fully saturated rings. The molecule has 6 nitrogen and oxygen atoms in total. The quantitative estimate of drug-likeness (QED) is 0.316. The predicted octanol–water partition coefficient (Wildman–Crippen LogP) is 6.14. The second-order valence-corrected chi connectivity index (χ2v) is 9.94. The molecule has 2 heterocycles. The third kappa shape index (κ3) is 4.56. The van der Waals surface area contributed by atoms with E-state index in [0.29, 0.717) is 6.54 Å². The van der Waals surface area contributed by atoms with Crippen molar-refractivity contribution in [3.8, 4) is 0 Å². The molecule has 1 N–H and O–H groups in total. The van der Waals surface area contributed by atoms with Crippen LogP contribution in [0.1, 0.15) is 18.3 Å². The van der Waals surface area contributed by atoms with Crippen LogP contribution in [0.3, 0.4) is 0 Å². The molecule has 1 aliphatic rings. The molecule has 0 saturated heterocycles. The van der Waals surface area contributed by atoms with Gasteiger partial charge in [-0.15, -0.1) is 10.2 Å². The third-order valence-corrected chi connectivity index (χ3v) is 7.70. The van der Waals surface area contributed by atoms with Gasteiger partial charge in [-0.2, -0.15) is 0 Å². The molecule has 0 atom stereocenters. The van der Waals surface area contributed by atoms with Crippen LogP contribution in [-0.4, -0.2) is 26.4 Å². The molecule has 0 saturated carbocycles. The van der Waals surface area contributed by atoms with E-state index in [1.54, 1.807) is 11.8 Å². The van der Waals surface area contributed by atoms with Crippen molar-refractivity contribution in [2.24, 2.45) is 0 Å². The number of para-hydroxylation sites is 2. The molecule has 0 spiro atoms. The van der Waals surface area contributed by atoms with E-state index in [2.05, 4.69) is 70.3 Å². The lowest BCUT2D eigenvalue weighted by Crippen LogP contribution is -2.30.